The van der Waals surface area contributed by atoms with Crippen LogP contribution >= 0.6 is 0 Å². The van der Waals surface area contributed by atoms with Gasteiger partial charge in [0.25, 0.3) is 0 Å². The maximum Gasteiger partial charge on any atom is 0.233 e. The van der Waals surface area contributed by atoms with E-state index >= 15 is 0 Å². The summed E-state index contributed by atoms with van der Waals surface area (Å²) in [6.45, 7) is 1.59. The Labute approximate surface area is 111 Å². The van der Waals surface area contributed by atoms with Gasteiger partial charge in [0.15, 0.2) is 0 Å². The third-order valence-corrected chi connectivity index (χ3v) is 4.21. The van der Waals surface area contributed by atoms with Crippen LogP contribution in [0.1, 0.15) is 19.3 Å². The molecule has 5 heteroatoms. The first-order chi connectivity index (χ1) is 9.09. The Morgan fingerprint density at radius 1 is 1.11 bits per heavy atom. The number of carbonyl (C=O) groups excluding carboxylic acids is 2. The molecule has 3 rings (SSSR count). The van der Waals surface area contributed by atoms with Gasteiger partial charge < -0.3 is 10.6 Å². The van der Waals surface area contributed by atoms with Crippen molar-refractivity contribution in [2.75, 3.05) is 23.7 Å². The van der Waals surface area contributed by atoms with Crippen molar-refractivity contribution in [1.82, 2.24) is 5.32 Å². The summed E-state index contributed by atoms with van der Waals surface area (Å²) >= 11 is 0. The second kappa shape index (κ2) is 4.26. The van der Waals surface area contributed by atoms with Crippen molar-refractivity contribution in [3.05, 3.63) is 24.3 Å². The van der Waals surface area contributed by atoms with Crippen LogP contribution < -0.4 is 16.0 Å². The number of anilines is 2. The summed E-state index contributed by atoms with van der Waals surface area (Å²) in [7, 11) is 0. The molecule has 2 heterocycles. The first-order valence-corrected chi connectivity index (χ1v) is 6.54. The van der Waals surface area contributed by atoms with E-state index in [0.29, 0.717) is 6.42 Å². The predicted octanol–water partition coefficient (Wildman–Crippen LogP) is 0.902. The molecular formula is C14H17N3O2. The smallest absolute Gasteiger partial charge is 0.233 e. The van der Waals surface area contributed by atoms with E-state index in [4.69, 9.17) is 5.73 Å². The molecule has 5 nitrogen and oxygen atoms in total. The minimum absolute atomic E-state index is 0.0885. The van der Waals surface area contributed by atoms with Gasteiger partial charge in [0.1, 0.15) is 0 Å². The summed E-state index contributed by atoms with van der Waals surface area (Å²) in [5.74, 6) is -0.222. The summed E-state index contributed by atoms with van der Waals surface area (Å²) in [5.41, 5.74) is 7.09. The van der Waals surface area contributed by atoms with Crippen molar-refractivity contribution in [2.45, 2.75) is 19.3 Å². The minimum Gasteiger partial charge on any atom is -0.399 e. The third-order valence-electron chi connectivity index (χ3n) is 4.21. The van der Waals surface area contributed by atoms with E-state index in [1.807, 2.05) is 24.3 Å². The van der Waals surface area contributed by atoms with Crippen LogP contribution in [0.3, 0.4) is 0 Å². The van der Waals surface area contributed by atoms with E-state index in [2.05, 4.69) is 10.2 Å². The lowest BCUT2D eigenvalue weighted by molar-refractivity contribution is -0.129. The average Bonchev–Trinajstić information content (AvgIpc) is 2.66. The quantitative estimate of drug-likeness (QED) is 0.580. The molecule has 3 N–H and O–H groups in total. The molecule has 1 spiro atoms. The lowest BCUT2D eigenvalue weighted by atomic mass is 9.77. The van der Waals surface area contributed by atoms with Crippen molar-refractivity contribution < 1.29 is 9.59 Å². The number of rotatable bonds is 1. The van der Waals surface area contributed by atoms with Crippen LogP contribution in [0.2, 0.25) is 0 Å². The van der Waals surface area contributed by atoms with Gasteiger partial charge >= 0.3 is 0 Å². The van der Waals surface area contributed by atoms with Crippen molar-refractivity contribution in [3.8, 4) is 0 Å². The molecule has 0 aliphatic carbocycles. The van der Waals surface area contributed by atoms with Crippen molar-refractivity contribution in [3.63, 3.8) is 0 Å². The molecule has 1 aromatic rings. The summed E-state index contributed by atoms with van der Waals surface area (Å²) in [5, 5.41) is 2.43. The Bertz CT molecular complexity index is 516. The van der Waals surface area contributed by atoms with Crippen LogP contribution in [0, 0.1) is 5.41 Å². The van der Waals surface area contributed by atoms with Gasteiger partial charge in [-0.1, -0.05) is 0 Å². The van der Waals surface area contributed by atoms with E-state index in [1.165, 1.54) is 0 Å². The Morgan fingerprint density at radius 2 is 1.74 bits per heavy atom. The molecule has 2 amide bonds. The molecule has 0 radical (unpaired) electrons. The Balaban J connectivity index is 1.71. The number of nitrogens with zero attached hydrogens (tertiary/aromatic N) is 1. The number of piperidine rings is 1. The predicted molar refractivity (Wildman–Crippen MR) is 72.5 cm³/mol. The number of benzene rings is 1. The van der Waals surface area contributed by atoms with Crippen LogP contribution in [-0.2, 0) is 9.59 Å². The van der Waals surface area contributed by atoms with E-state index in [0.717, 1.165) is 37.3 Å². The second-order valence-electron chi connectivity index (χ2n) is 5.41. The molecular weight excluding hydrogens is 242 g/mol. The molecule has 2 saturated heterocycles. The zero-order chi connectivity index (χ0) is 13.5. The van der Waals surface area contributed by atoms with Gasteiger partial charge in [-0.2, -0.15) is 0 Å². The number of nitrogens with one attached hydrogen (secondary N) is 1. The minimum atomic E-state index is -0.457. The first-order valence-electron chi connectivity index (χ1n) is 6.54. The Kier molecular flexibility index (Phi) is 2.69. The van der Waals surface area contributed by atoms with Crippen LogP contribution in [-0.4, -0.2) is 24.9 Å². The Hall–Kier alpha value is -2.04. The number of imide groups is 1. The number of amides is 2. The number of nitrogens with two attached hydrogens (primary N) is 1. The van der Waals surface area contributed by atoms with Gasteiger partial charge in [-0.25, -0.2) is 0 Å². The highest BCUT2D eigenvalue weighted by Gasteiger charge is 2.48. The molecule has 2 aliphatic heterocycles. The molecule has 100 valence electrons. The highest BCUT2D eigenvalue weighted by Crippen LogP contribution is 2.39. The summed E-state index contributed by atoms with van der Waals surface area (Å²) in [4.78, 5) is 25.5. The monoisotopic (exact) mass is 259 g/mol. The third kappa shape index (κ3) is 2.05. The van der Waals surface area contributed by atoms with Crippen LogP contribution in [0.4, 0.5) is 11.4 Å². The molecule has 0 unspecified atom stereocenters. The van der Waals surface area contributed by atoms with E-state index < -0.39 is 5.41 Å². The summed E-state index contributed by atoms with van der Waals surface area (Å²) < 4.78 is 0. The van der Waals surface area contributed by atoms with Gasteiger partial charge in [-0.05, 0) is 37.1 Å². The highest BCUT2D eigenvalue weighted by molar-refractivity contribution is 6.06. The van der Waals surface area contributed by atoms with E-state index in [1.54, 1.807) is 0 Å². The fraction of sp³-hybridized carbons (Fsp3) is 0.429. The number of carbonyl (C=O) groups is 2. The van der Waals surface area contributed by atoms with Gasteiger partial charge in [0, 0.05) is 30.9 Å². The van der Waals surface area contributed by atoms with Gasteiger partial charge in [0.2, 0.25) is 11.8 Å². The molecule has 0 atom stereocenters. The fourth-order valence-electron chi connectivity index (χ4n) is 2.97. The highest BCUT2D eigenvalue weighted by atomic mass is 16.2. The van der Waals surface area contributed by atoms with Gasteiger partial charge in [0.05, 0.1) is 5.41 Å². The summed E-state index contributed by atoms with van der Waals surface area (Å²) in [6, 6.07) is 7.75. The topological polar surface area (TPSA) is 75.4 Å². The number of hydrogen-bond acceptors (Lipinski definition) is 4. The van der Waals surface area contributed by atoms with Crippen LogP contribution in [0.25, 0.3) is 0 Å². The zero-order valence-corrected chi connectivity index (χ0v) is 10.7. The maximum absolute atomic E-state index is 11.9. The number of hydrogen-bond donors (Lipinski definition) is 2. The molecule has 1 aromatic carbocycles. The normalized spacial score (nSPS) is 21.8. The number of nitrogen functional groups attached to an aromatic ring is 1. The summed E-state index contributed by atoms with van der Waals surface area (Å²) in [6.07, 6.45) is 1.81. The molecule has 2 fully saturated rings. The molecule has 0 aromatic heterocycles. The lowest BCUT2D eigenvalue weighted by Gasteiger charge is -2.38. The van der Waals surface area contributed by atoms with Crippen molar-refractivity contribution in [1.29, 1.82) is 0 Å². The lowest BCUT2D eigenvalue weighted by Crippen LogP contribution is -2.43. The molecule has 19 heavy (non-hydrogen) atoms. The van der Waals surface area contributed by atoms with Crippen molar-refractivity contribution >= 4 is 23.2 Å². The molecule has 2 aliphatic rings. The van der Waals surface area contributed by atoms with Crippen LogP contribution in [0.5, 0.6) is 0 Å². The van der Waals surface area contributed by atoms with Gasteiger partial charge in [-0.15, -0.1) is 0 Å². The zero-order valence-electron chi connectivity index (χ0n) is 10.7. The van der Waals surface area contributed by atoms with E-state index in [-0.39, 0.29) is 11.8 Å². The van der Waals surface area contributed by atoms with Gasteiger partial charge in [-0.3, -0.25) is 14.9 Å². The molecule has 0 bridgehead atoms. The Morgan fingerprint density at radius 3 is 2.26 bits per heavy atom. The maximum atomic E-state index is 11.9. The largest absolute Gasteiger partial charge is 0.399 e. The molecule has 0 saturated carbocycles. The average molecular weight is 259 g/mol. The fourth-order valence-corrected chi connectivity index (χ4v) is 2.97. The van der Waals surface area contributed by atoms with Crippen molar-refractivity contribution in [2.24, 2.45) is 5.41 Å². The van der Waals surface area contributed by atoms with E-state index in [9.17, 15) is 9.59 Å². The van der Waals surface area contributed by atoms with Crippen LogP contribution in [0.15, 0.2) is 24.3 Å². The SMILES string of the molecule is Nc1ccc(N2CCC3(CC2)CC(=O)NC3=O)cc1. The second-order valence-corrected chi connectivity index (χ2v) is 5.41. The first kappa shape index (κ1) is 12.0. The standard InChI is InChI=1S/C14H17N3O2/c15-10-1-3-11(4-2-10)17-7-5-14(6-8-17)9-12(18)16-13(14)19/h1-4H,5-9,15H2,(H,16,18,19).